The van der Waals surface area contributed by atoms with Gasteiger partial charge >= 0.3 is 0 Å². The van der Waals surface area contributed by atoms with Crippen molar-refractivity contribution in [2.45, 2.75) is 13.8 Å². The summed E-state index contributed by atoms with van der Waals surface area (Å²) >= 11 is 0. The van der Waals surface area contributed by atoms with Gasteiger partial charge in [0.1, 0.15) is 5.82 Å². The molecule has 0 saturated carbocycles. The molecule has 0 aliphatic carbocycles. The van der Waals surface area contributed by atoms with Crippen LogP contribution < -0.4 is 0 Å². The highest BCUT2D eigenvalue weighted by atomic mass is 19.1. The lowest BCUT2D eigenvalue weighted by molar-refractivity contribution is 0.612. The normalized spacial score (nSPS) is 11.1. The molecular weight excluding hydrogens is 169 g/mol. The lowest BCUT2D eigenvalue weighted by atomic mass is 10.2. The molecule has 0 unspecified atom stereocenters. The molecule has 2 rings (SSSR count). The Labute approximate surface area is 75.2 Å². The monoisotopic (exact) mass is 179 g/mol. The number of halogens is 1. The van der Waals surface area contributed by atoms with Crippen molar-refractivity contribution in [3.63, 3.8) is 0 Å². The van der Waals surface area contributed by atoms with Crippen LogP contribution in [0.25, 0.3) is 11.0 Å². The summed E-state index contributed by atoms with van der Waals surface area (Å²) in [4.78, 5) is 4.12. The molecule has 0 amide bonds. The Morgan fingerprint density at radius 3 is 2.69 bits per heavy atom. The van der Waals surface area contributed by atoms with Gasteiger partial charge in [0.15, 0.2) is 5.65 Å². The molecule has 3 nitrogen and oxygen atoms in total. The summed E-state index contributed by atoms with van der Waals surface area (Å²) in [7, 11) is 1.81. The maximum absolute atomic E-state index is 13.1. The van der Waals surface area contributed by atoms with E-state index >= 15 is 0 Å². The highest BCUT2D eigenvalue weighted by Crippen LogP contribution is 2.17. The van der Waals surface area contributed by atoms with Crippen molar-refractivity contribution in [2.24, 2.45) is 7.05 Å². The van der Waals surface area contributed by atoms with Crippen LogP contribution in [0, 0.1) is 19.7 Å². The average Bonchev–Trinajstić information content (AvgIpc) is 2.31. The van der Waals surface area contributed by atoms with Crippen LogP contribution in [-0.2, 0) is 7.05 Å². The molecule has 2 aromatic rings. The van der Waals surface area contributed by atoms with E-state index in [2.05, 4.69) is 10.1 Å². The van der Waals surface area contributed by atoms with E-state index in [1.165, 1.54) is 6.07 Å². The molecule has 0 radical (unpaired) electrons. The number of fused-ring (bicyclic) bond motifs is 1. The minimum atomic E-state index is -0.274. The fourth-order valence-corrected chi connectivity index (χ4v) is 1.41. The summed E-state index contributed by atoms with van der Waals surface area (Å²) in [5.41, 5.74) is 1.95. The zero-order valence-electron chi connectivity index (χ0n) is 7.80. The SMILES string of the molecule is Cc1nc2c(cc1F)c(C)nn2C. The summed E-state index contributed by atoms with van der Waals surface area (Å²) in [6, 6.07) is 1.49. The molecule has 0 aromatic carbocycles. The van der Waals surface area contributed by atoms with Crippen molar-refractivity contribution in [3.8, 4) is 0 Å². The van der Waals surface area contributed by atoms with E-state index in [4.69, 9.17) is 0 Å². The lowest BCUT2D eigenvalue weighted by Gasteiger charge is -1.96. The Kier molecular flexibility index (Phi) is 1.58. The fraction of sp³-hybridized carbons (Fsp3) is 0.333. The smallest absolute Gasteiger partial charge is 0.158 e. The summed E-state index contributed by atoms with van der Waals surface area (Å²) in [5, 5.41) is 4.94. The van der Waals surface area contributed by atoms with Crippen LogP contribution in [-0.4, -0.2) is 14.8 Å². The van der Waals surface area contributed by atoms with Crippen LogP contribution >= 0.6 is 0 Å². The van der Waals surface area contributed by atoms with Crippen molar-refractivity contribution < 1.29 is 4.39 Å². The molecule has 0 aliphatic rings. The van der Waals surface area contributed by atoms with E-state index < -0.39 is 0 Å². The molecule has 2 heterocycles. The number of aryl methyl sites for hydroxylation is 3. The van der Waals surface area contributed by atoms with E-state index in [0.29, 0.717) is 5.69 Å². The Hall–Kier alpha value is -1.45. The van der Waals surface area contributed by atoms with Gasteiger partial charge in [0, 0.05) is 12.4 Å². The lowest BCUT2D eigenvalue weighted by Crippen LogP contribution is -1.94. The van der Waals surface area contributed by atoms with Gasteiger partial charge < -0.3 is 0 Å². The number of rotatable bonds is 0. The molecule has 0 fully saturated rings. The molecule has 0 spiro atoms. The number of pyridine rings is 1. The molecule has 0 atom stereocenters. The van der Waals surface area contributed by atoms with Crippen LogP contribution in [0.1, 0.15) is 11.4 Å². The third-order valence-corrected chi connectivity index (χ3v) is 2.13. The van der Waals surface area contributed by atoms with Gasteiger partial charge in [0.05, 0.1) is 11.4 Å². The first-order valence-electron chi connectivity index (χ1n) is 4.06. The molecule has 0 aliphatic heterocycles. The molecule has 4 heteroatoms. The van der Waals surface area contributed by atoms with Gasteiger partial charge in [-0.2, -0.15) is 5.10 Å². The predicted molar refractivity (Wildman–Crippen MR) is 47.9 cm³/mol. The van der Waals surface area contributed by atoms with Gasteiger partial charge in [0.25, 0.3) is 0 Å². The average molecular weight is 179 g/mol. The van der Waals surface area contributed by atoms with Crippen molar-refractivity contribution >= 4 is 11.0 Å². The molecule has 0 N–H and O–H groups in total. The van der Waals surface area contributed by atoms with Crippen molar-refractivity contribution in [1.29, 1.82) is 0 Å². The first-order chi connectivity index (χ1) is 6.09. The molecule has 2 aromatic heterocycles. The van der Waals surface area contributed by atoms with Gasteiger partial charge in [-0.05, 0) is 19.9 Å². The fourth-order valence-electron chi connectivity index (χ4n) is 1.41. The minimum Gasteiger partial charge on any atom is -0.250 e. The second-order valence-electron chi connectivity index (χ2n) is 3.14. The van der Waals surface area contributed by atoms with Gasteiger partial charge in [-0.3, -0.25) is 4.68 Å². The molecule has 68 valence electrons. The highest BCUT2D eigenvalue weighted by molar-refractivity contribution is 5.78. The number of hydrogen-bond acceptors (Lipinski definition) is 2. The van der Waals surface area contributed by atoms with Crippen molar-refractivity contribution in [2.75, 3.05) is 0 Å². The number of hydrogen-bond donors (Lipinski definition) is 0. The van der Waals surface area contributed by atoms with Crippen LogP contribution in [0.2, 0.25) is 0 Å². The Morgan fingerprint density at radius 2 is 2.00 bits per heavy atom. The van der Waals surface area contributed by atoms with E-state index in [-0.39, 0.29) is 5.82 Å². The standard InChI is InChI=1S/C9H10FN3/c1-5-7-4-8(10)6(2)11-9(7)13(3)12-5/h4H,1-3H3. The van der Waals surface area contributed by atoms with E-state index in [9.17, 15) is 4.39 Å². The van der Waals surface area contributed by atoms with E-state index in [1.54, 1.807) is 18.7 Å². The molecule has 13 heavy (non-hydrogen) atoms. The summed E-state index contributed by atoms with van der Waals surface area (Å²) in [5.74, 6) is -0.274. The Morgan fingerprint density at radius 1 is 1.31 bits per heavy atom. The number of aromatic nitrogens is 3. The van der Waals surface area contributed by atoms with Gasteiger partial charge in [-0.15, -0.1) is 0 Å². The maximum atomic E-state index is 13.1. The third kappa shape index (κ3) is 1.09. The molecular formula is C9H10FN3. The summed E-state index contributed by atoms with van der Waals surface area (Å²) < 4.78 is 14.8. The second-order valence-corrected chi connectivity index (χ2v) is 3.14. The minimum absolute atomic E-state index is 0.274. The first-order valence-corrected chi connectivity index (χ1v) is 4.06. The van der Waals surface area contributed by atoms with Crippen molar-refractivity contribution in [1.82, 2.24) is 14.8 Å². The first kappa shape index (κ1) is 8.16. The molecule has 0 saturated heterocycles. The predicted octanol–water partition coefficient (Wildman–Crippen LogP) is 1.72. The van der Waals surface area contributed by atoms with Gasteiger partial charge in [-0.1, -0.05) is 0 Å². The van der Waals surface area contributed by atoms with Gasteiger partial charge in [-0.25, -0.2) is 9.37 Å². The zero-order chi connectivity index (χ0) is 9.59. The Balaban J connectivity index is 2.91. The van der Waals surface area contributed by atoms with Gasteiger partial charge in [0.2, 0.25) is 0 Å². The largest absolute Gasteiger partial charge is 0.250 e. The highest BCUT2D eigenvalue weighted by Gasteiger charge is 2.09. The molecule has 0 bridgehead atoms. The van der Waals surface area contributed by atoms with Crippen LogP contribution in [0.4, 0.5) is 4.39 Å². The second kappa shape index (κ2) is 2.52. The van der Waals surface area contributed by atoms with Crippen LogP contribution in [0.15, 0.2) is 6.07 Å². The number of nitrogens with zero attached hydrogens (tertiary/aromatic N) is 3. The summed E-state index contributed by atoms with van der Waals surface area (Å²) in [6.45, 7) is 3.50. The van der Waals surface area contributed by atoms with E-state index in [1.807, 2.05) is 6.92 Å². The van der Waals surface area contributed by atoms with Crippen LogP contribution in [0.5, 0.6) is 0 Å². The third-order valence-electron chi connectivity index (χ3n) is 2.13. The topological polar surface area (TPSA) is 30.7 Å². The quantitative estimate of drug-likeness (QED) is 0.616. The van der Waals surface area contributed by atoms with Crippen LogP contribution in [0.3, 0.4) is 0 Å². The maximum Gasteiger partial charge on any atom is 0.158 e. The Bertz CT molecular complexity index is 431. The van der Waals surface area contributed by atoms with E-state index in [0.717, 1.165) is 16.7 Å². The summed E-state index contributed by atoms with van der Waals surface area (Å²) in [6.07, 6.45) is 0. The van der Waals surface area contributed by atoms with Crippen molar-refractivity contribution in [3.05, 3.63) is 23.3 Å². The zero-order valence-corrected chi connectivity index (χ0v) is 7.80.